The quantitative estimate of drug-likeness (QED) is 0.358. The number of halogens is 2. The van der Waals surface area contributed by atoms with Crippen molar-refractivity contribution in [2.45, 2.75) is 0 Å². The van der Waals surface area contributed by atoms with Crippen molar-refractivity contribution < 1.29 is 0 Å². The van der Waals surface area contributed by atoms with Gasteiger partial charge in [-0.1, -0.05) is 82.1 Å². The van der Waals surface area contributed by atoms with Crippen LogP contribution in [0.2, 0.25) is 0 Å². The van der Waals surface area contributed by atoms with Crippen molar-refractivity contribution in [1.29, 1.82) is 0 Å². The Hall–Kier alpha value is -1.40. The zero-order chi connectivity index (χ0) is 17.5. The van der Waals surface area contributed by atoms with Crippen LogP contribution in [0.15, 0.2) is 102 Å². The highest BCUT2D eigenvalue weighted by molar-refractivity contribution is 9.09. The van der Waals surface area contributed by atoms with Crippen molar-refractivity contribution in [3.8, 4) is 0 Å². The monoisotopic (exact) mass is 429 g/mol. The SMILES string of the molecule is Cl/C(=C/C[P+](c1ccccc1)(c1ccccc1)c1ccccc1)CBr. The van der Waals surface area contributed by atoms with E-state index in [4.69, 9.17) is 11.6 Å². The first kappa shape index (κ1) is 18.4. The molecular formula is C22H20BrClP+. The van der Waals surface area contributed by atoms with Gasteiger partial charge in [0.1, 0.15) is 23.2 Å². The van der Waals surface area contributed by atoms with Gasteiger partial charge in [-0.25, -0.2) is 0 Å². The normalized spacial score (nSPS) is 12.2. The van der Waals surface area contributed by atoms with Gasteiger partial charge in [0.05, 0.1) is 6.16 Å². The summed E-state index contributed by atoms with van der Waals surface area (Å²) in [6, 6.07) is 32.5. The predicted octanol–water partition coefficient (Wildman–Crippen LogP) is 5.50. The van der Waals surface area contributed by atoms with Crippen molar-refractivity contribution in [1.82, 2.24) is 0 Å². The lowest BCUT2D eigenvalue weighted by Crippen LogP contribution is -2.33. The van der Waals surface area contributed by atoms with E-state index in [-0.39, 0.29) is 0 Å². The van der Waals surface area contributed by atoms with E-state index in [0.29, 0.717) is 5.33 Å². The van der Waals surface area contributed by atoms with Crippen LogP contribution in [0.1, 0.15) is 0 Å². The summed E-state index contributed by atoms with van der Waals surface area (Å²) in [6.07, 6.45) is 3.09. The van der Waals surface area contributed by atoms with E-state index >= 15 is 0 Å². The molecule has 0 saturated carbocycles. The second-order valence-electron chi connectivity index (χ2n) is 5.78. The van der Waals surface area contributed by atoms with Crippen molar-refractivity contribution in [2.75, 3.05) is 11.5 Å². The molecule has 126 valence electrons. The first-order valence-corrected chi connectivity index (χ1v) is 11.7. The van der Waals surface area contributed by atoms with Crippen LogP contribution in [0, 0.1) is 0 Å². The Balaban J connectivity index is 2.27. The second kappa shape index (κ2) is 8.81. The van der Waals surface area contributed by atoms with Crippen LogP contribution < -0.4 is 15.9 Å². The molecule has 0 unspecified atom stereocenters. The summed E-state index contributed by atoms with van der Waals surface area (Å²) in [5.41, 5.74) is 0. The first-order valence-electron chi connectivity index (χ1n) is 8.23. The van der Waals surface area contributed by atoms with Crippen LogP contribution in [0.25, 0.3) is 0 Å². The number of allylic oxidation sites excluding steroid dienone is 2. The zero-order valence-electron chi connectivity index (χ0n) is 13.9. The predicted molar refractivity (Wildman–Crippen MR) is 118 cm³/mol. The smallest absolute Gasteiger partial charge is 0.0884 e. The summed E-state index contributed by atoms with van der Waals surface area (Å²) in [5, 5.41) is 5.67. The van der Waals surface area contributed by atoms with Gasteiger partial charge in [-0.3, -0.25) is 0 Å². The fourth-order valence-corrected chi connectivity index (χ4v) is 7.58. The Kier molecular flexibility index (Phi) is 6.48. The molecule has 0 N–H and O–H groups in total. The van der Waals surface area contributed by atoms with Gasteiger partial charge in [-0.2, -0.15) is 0 Å². The van der Waals surface area contributed by atoms with Crippen LogP contribution >= 0.6 is 34.8 Å². The second-order valence-corrected chi connectivity index (χ2v) is 10.4. The van der Waals surface area contributed by atoms with Gasteiger partial charge < -0.3 is 0 Å². The fraction of sp³-hybridized carbons (Fsp3) is 0.0909. The molecule has 3 heteroatoms. The Bertz CT molecular complexity index is 720. The van der Waals surface area contributed by atoms with Crippen molar-refractivity contribution in [2.24, 2.45) is 0 Å². The van der Waals surface area contributed by atoms with Crippen molar-refractivity contribution in [3.05, 3.63) is 102 Å². The van der Waals surface area contributed by atoms with Crippen LogP contribution in [0.4, 0.5) is 0 Å². The highest BCUT2D eigenvalue weighted by Gasteiger charge is 2.44. The molecule has 0 saturated heterocycles. The summed E-state index contributed by atoms with van der Waals surface area (Å²) in [6.45, 7) is 0. The third-order valence-corrected chi connectivity index (χ3v) is 9.79. The number of hydrogen-bond donors (Lipinski definition) is 0. The number of benzene rings is 3. The molecule has 3 aromatic carbocycles. The van der Waals surface area contributed by atoms with Gasteiger partial charge in [0, 0.05) is 10.4 Å². The van der Waals surface area contributed by atoms with Crippen LogP contribution in [0.5, 0.6) is 0 Å². The van der Waals surface area contributed by atoms with E-state index < -0.39 is 7.26 Å². The summed E-state index contributed by atoms with van der Waals surface area (Å²) < 4.78 is 0. The van der Waals surface area contributed by atoms with E-state index in [1.165, 1.54) is 15.9 Å². The lowest BCUT2D eigenvalue weighted by Gasteiger charge is -2.26. The van der Waals surface area contributed by atoms with E-state index in [9.17, 15) is 0 Å². The minimum Gasteiger partial charge on any atom is -0.0884 e. The van der Waals surface area contributed by atoms with Crippen molar-refractivity contribution in [3.63, 3.8) is 0 Å². The Labute approximate surface area is 164 Å². The van der Waals surface area contributed by atoms with E-state index in [1.54, 1.807) is 0 Å². The Morgan fingerprint density at radius 1 is 0.720 bits per heavy atom. The highest BCUT2D eigenvalue weighted by Crippen LogP contribution is 2.55. The highest BCUT2D eigenvalue weighted by atomic mass is 79.9. The fourth-order valence-electron chi connectivity index (χ4n) is 3.10. The molecule has 0 radical (unpaired) electrons. The molecule has 0 bridgehead atoms. The molecule has 0 aromatic heterocycles. The summed E-state index contributed by atoms with van der Waals surface area (Å²) in [4.78, 5) is 0. The molecule has 0 heterocycles. The first-order chi connectivity index (χ1) is 12.3. The summed E-state index contributed by atoms with van der Waals surface area (Å²) >= 11 is 9.83. The van der Waals surface area contributed by atoms with Gasteiger partial charge in [-0.15, -0.1) is 0 Å². The summed E-state index contributed by atoms with van der Waals surface area (Å²) in [5.74, 6) is 0. The van der Waals surface area contributed by atoms with Gasteiger partial charge in [-0.05, 0) is 42.5 Å². The molecule has 0 atom stereocenters. The number of hydrogen-bond acceptors (Lipinski definition) is 0. The van der Waals surface area contributed by atoms with E-state index in [2.05, 4.69) is 113 Å². The maximum Gasteiger partial charge on any atom is 0.116 e. The number of rotatable bonds is 6. The summed E-state index contributed by atoms with van der Waals surface area (Å²) in [7, 11) is -1.80. The lowest BCUT2D eigenvalue weighted by atomic mass is 10.4. The molecule has 0 aliphatic rings. The minimum absolute atomic E-state index is 0.687. The third kappa shape index (κ3) is 4.06. The maximum absolute atomic E-state index is 6.37. The average Bonchev–Trinajstić information content (AvgIpc) is 2.71. The van der Waals surface area contributed by atoms with Gasteiger partial charge in [0.2, 0.25) is 0 Å². The lowest BCUT2D eigenvalue weighted by molar-refractivity contribution is 1.59. The molecular weight excluding hydrogens is 411 g/mol. The van der Waals surface area contributed by atoms with Crippen LogP contribution in [-0.4, -0.2) is 11.5 Å². The molecule has 3 rings (SSSR count). The molecule has 25 heavy (non-hydrogen) atoms. The zero-order valence-corrected chi connectivity index (χ0v) is 17.1. The van der Waals surface area contributed by atoms with Crippen LogP contribution in [-0.2, 0) is 0 Å². The largest absolute Gasteiger partial charge is 0.116 e. The molecule has 0 spiro atoms. The molecule has 3 aromatic rings. The number of alkyl halides is 1. The molecule has 0 aliphatic heterocycles. The standard InChI is InChI=1S/C22H20BrClP/c23-18-19(24)16-17-25(20-10-4-1-5-11-20,21-12-6-2-7-13-21)22-14-8-3-9-15-22/h1-16H,17-18H2/q+1/b19-16+. The average molecular weight is 431 g/mol. The van der Waals surface area contributed by atoms with Crippen molar-refractivity contribution >= 4 is 50.7 Å². The Morgan fingerprint density at radius 3 is 1.40 bits per heavy atom. The van der Waals surface area contributed by atoms with Gasteiger partial charge in [0.15, 0.2) is 0 Å². The molecule has 0 aliphatic carbocycles. The molecule has 0 nitrogen and oxygen atoms in total. The topological polar surface area (TPSA) is 0 Å². The third-order valence-electron chi connectivity index (χ3n) is 4.31. The molecule has 0 fully saturated rings. The van der Waals surface area contributed by atoms with Gasteiger partial charge >= 0.3 is 0 Å². The van der Waals surface area contributed by atoms with E-state index in [1.807, 2.05) is 0 Å². The Morgan fingerprint density at radius 2 is 1.08 bits per heavy atom. The van der Waals surface area contributed by atoms with E-state index in [0.717, 1.165) is 11.2 Å². The minimum atomic E-state index is -1.80. The molecule has 0 amide bonds. The maximum atomic E-state index is 6.37. The van der Waals surface area contributed by atoms with Crippen LogP contribution in [0.3, 0.4) is 0 Å². The van der Waals surface area contributed by atoms with Gasteiger partial charge in [0.25, 0.3) is 0 Å².